The highest BCUT2D eigenvalue weighted by molar-refractivity contribution is 6.18. The summed E-state index contributed by atoms with van der Waals surface area (Å²) < 4.78 is 10.2. The Kier molecular flexibility index (Phi) is 6.83. The minimum absolute atomic E-state index is 0.0779. The maximum Gasteiger partial charge on any atom is 0.348 e. The Morgan fingerprint density at radius 1 is 0.923 bits per heavy atom. The van der Waals surface area contributed by atoms with E-state index in [4.69, 9.17) is 9.47 Å². The van der Waals surface area contributed by atoms with E-state index >= 15 is 0 Å². The molecule has 2 rings (SSSR count). The van der Waals surface area contributed by atoms with E-state index < -0.39 is 17.7 Å². The van der Waals surface area contributed by atoms with Crippen LogP contribution < -0.4 is 4.90 Å². The summed E-state index contributed by atoms with van der Waals surface area (Å²) in [6.07, 6.45) is 6.15. The Morgan fingerprint density at radius 2 is 1.42 bits per heavy atom. The second-order valence-electron chi connectivity index (χ2n) is 7.02. The van der Waals surface area contributed by atoms with Crippen molar-refractivity contribution in [2.24, 2.45) is 0 Å². The number of hydrogen-bond donors (Lipinski definition) is 0. The van der Waals surface area contributed by atoms with Gasteiger partial charge in [-0.15, -0.1) is 0 Å². The molecule has 0 bridgehead atoms. The first-order chi connectivity index (χ1) is 12.4. The zero-order chi connectivity index (χ0) is 19.2. The number of anilines is 1. The molecule has 0 aromatic heterocycles. The van der Waals surface area contributed by atoms with Crippen molar-refractivity contribution in [2.45, 2.75) is 59.2 Å². The van der Waals surface area contributed by atoms with Gasteiger partial charge in [0.25, 0.3) is 5.79 Å². The number of nitrogens with zero attached hydrogens (tertiary/aromatic N) is 1. The molecule has 0 saturated carbocycles. The summed E-state index contributed by atoms with van der Waals surface area (Å²) >= 11 is 0. The van der Waals surface area contributed by atoms with Crippen molar-refractivity contribution in [3.63, 3.8) is 0 Å². The molecule has 0 amide bonds. The molecule has 5 heteroatoms. The minimum Gasteiger partial charge on any atom is -0.419 e. The molecule has 0 aliphatic carbocycles. The van der Waals surface area contributed by atoms with E-state index in [-0.39, 0.29) is 5.57 Å². The molecule has 1 aromatic carbocycles. The molecule has 1 aliphatic rings. The number of hydrogen-bond acceptors (Lipinski definition) is 5. The van der Waals surface area contributed by atoms with Gasteiger partial charge in [-0.05, 0) is 36.6 Å². The van der Waals surface area contributed by atoms with E-state index in [0.29, 0.717) is 0 Å². The number of carbonyl (C=O) groups is 2. The third-order valence-corrected chi connectivity index (χ3v) is 4.25. The van der Waals surface area contributed by atoms with Crippen LogP contribution in [0, 0.1) is 0 Å². The Hall–Kier alpha value is -2.30. The highest BCUT2D eigenvalue weighted by Crippen LogP contribution is 2.25. The van der Waals surface area contributed by atoms with Crippen LogP contribution in [0.1, 0.15) is 58.9 Å². The molecular weight excluding hydrogens is 330 g/mol. The Labute approximate surface area is 156 Å². The van der Waals surface area contributed by atoms with Gasteiger partial charge in [-0.3, -0.25) is 0 Å². The van der Waals surface area contributed by atoms with E-state index in [0.717, 1.165) is 50.0 Å². The molecule has 0 unspecified atom stereocenters. The fourth-order valence-electron chi connectivity index (χ4n) is 2.79. The molecule has 1 heterocycles. The highest BCUT2D eigenvalue weighted by Gasteiger charge is 2.38. The van der Waals surface area contributed by atoms with Gasteiger partial charge in [-0.1, -0.05) is 38.8 Å². The SMILES string of the molecule is CCCCN(CCCC)c1ccc(C=C2C(=O)OC(C)(C)OC2=O)cc1. The van der Waals surface area contributed by atoms with Gasteiger partial charge in [-0.2, -0.15) is 0 Å². The fraction of sp³-hybridized carbons (Fsp3) is 0.524. The first-order valence-corrected chi connectivity index (χ1v) is 9.39. The molecule has 0 N–H and O–H groups in total. The molecule has 0 spiro atoms. The summed E-state index contributed by atoms with van der Waals surface area (Å²) in [4.78, 5) is 26.5. The van der Waals surface area contributed by atoms with E-state index in [9.17, 15) is 9.59 Å². The average Bonchev–Trinajstić information content (AvgIpc) is 2.58. The average molecular weight is 359 g/mol. The smallest absolute Gasteiger partial charge is 0.348 e. The van der Waals surface area contributed by atoms with Crippen LogP contribution in [0.15, 0.2) is 29.8 Å². The lowest BCUT2D eigenvalue weighted by Crippen LogP contribution is -2.41. The van der Waals surface area contributed by atoms with Crippen LogP contribution >= 0.6 is 0 Å². The van der Waals surface area contributed by atoms with Gasteiger partial charge in [0, 0.05) is 32.6 Å². The van der Waals surface area contributed by atoms with Crippen LogP contribution in [0.2, 0.25) is 0 Å². The van der Waals surface area contributed by atoms with Crippen molar-refractivity contribution in [3.05, 3.63) is 35.4 Å². The number of ether oxygens (including phenoxy) is 2. The number of unbranched alkanes of at least 4 members (excludes halogenated alkanes) is 2. The van der Waals surface area contributed by atoms with Gasteiger partial charge >= 0.3 is 11.9 Å². The first kappa shape index (κ1) is 20.0. The quantitative estimate of drug-likeness (QED) is 0.393. The Balaban J connectivity index is 2.15. The Morgan fingerprint density at radius 3 is 1.88 bits per heavy atom. The van der Waals surface area contributed by atoms with Gasteiger partial charge < -0.3 is 14.4 Å². The van der Waals surface area contributed by atoms with E-state index in [1.165, 1.54) is 19.9 Å². The number of esters is 2. The molecule has 1 aromatic rings. The van der Waals surface area contributed by atoms with E-state index in [1.54, 1.807) is 0 Å². The molecule has 1 saturated heterocycles. The molecule has 0 radical (unpaired) electrons. The fourth-order valence-corrected chi connectivity index (χ4v) is 2.79. The van der Waals surface area contributed by atoms with Crippen molar-refractivity contribution < 1.29 is 19.1 Å². The first-order valence-electron chi connectivity index (χ1n) is 9.39. The van der Waals surface area contributed by atoms with Gasteiger partial charge in [0.1, 0.15) is 5.57 Å². The summed E-state index contributed by atoms with van der Waals surface area (Å²) in [6.45, 7) is 9.52. The lowest BCUT2D eigenvalue weighted by atomic mass is 10.1. The Bertz CT molecular complexity index is 631. The molecular formula is C21H29NO4. The lowest BCUT2D eigenvalue weighted by molar-refractivity contribution is -0.222. The summed E-state index contributed by atoms with van der Waals surface area (Å²) in [5.74, 6) is -2.51. The minimum atomic E-state index is -1.21. The van der Waals surface area contributed by atoms with Crippen LogP contribution in [0.3, 0.4) is 0 Å². The summed E-state index contributed by atoms with van der Waals surface area (Å²) in [5.41, 5.74) is 1.85. The topological polar surface area (TPSA) is 55.8 Å². The normalized spacial score (nSPS) is 16.1. The van der Waals surface area contributed by atoms with Crippen molar-refractivity contribution in [1.29, 1.82) is 0 Å². The highest BCUT2D eigenvalue weighted by atomic mass is 16.7. The van der Waals surface area contributed by atoms with Crippen LogP contribution in [0.25, 0.3) is 6.08 Å². The molecule has 26 heavy (non-hydrogen) atoms. The van der Waals surface area contributed by atoms with Gasteiger partial charge in [0.2, 0.25) is 0 Å². The zero-order valence-corrected chi connectivity index (χ0v) is 16.2. The van der Waals surface area contributed by atoms with Gasteiger partial charge in [-0.25, -0.2) is 9.59 Å². The molecule has 1 aliphatic heterocycles. The van der Waals surface area contributed by atoms with Crippen molar-refractivity contribution in [2.75, 3.05) is 18.0 Å². The summed E-state index contributed by atoms with van der Waals surface area (Å²) in [7, 11) is 0. The predicted molar refractivity (Wildman–Crippen MR) is 103 cm³/mol. The van der Waals surface area contributed by atoms with Crippen LogP contribution in [-0.4, -0.2) is 30.8 Å². The largest absolute Gasteiger partial charge is 0.419 e. The molecule has 142 valence electrons. The maximum atomic E-state index is 12.0. The van der Waals surface area contributed by atoms with Crippen LogP contribution in [0.4, 0.5) is 5.69 Å². The summed E-state index contributed by atoms with van der Waals surface area (Å²) in [5, 5.41) is 0. The van der Waals surface area contributed by atoms with Gasteiger partial charge in [0.05, 0.1) is 0 Å². The monoisotopic (exact) mass is 359 g/mol. The number of benzene rings is 1. The number of carbonyl (C=O) groups excluding carboxylic acids is 2. The third kappa shape index (κ3) is 5.35. The van der Waals surface area contributed by atoms with Crippen LogP contribution in [-0.2, 0) is 19.1 Å². The second-order valence-corrected chi connectivity index (χ2v) is 7.02. The van der Waals surface area contributed by atoms with Crippen LogP contribution in [0.5, 0.6) is 0 Å². The number of cyclic esters (lactones) is 2. The number of rotatable bonds is 8. The van der Waals surface area contributed by atoms with Crippen molar-refractivity contribution in [1.82, 2.24) is 0 Å². The van der Waals surface area contributed by atoms with E-state index in [1.807, 2.05) is 24.3 Å². The van der Waals surface area contributed by atoms with Gasteiger partial charge in [0.15, 0.2) is 0 Å². The molecule has 0 atom stereocenters. The molecule has 5 nitrogen and oxygen atoms in total. The predicted octanol–water partition coefficient (Wildman–Crippen LogP) is 4.31. The zero-order valence-electron chi connectivity index (χ0n) is 16.2. The molecule has 1 fully saturated rings. The maximum absolute atomic E-state index is 12.0. The van der Waals surface area contributed by atoms with Crippen molar-refractivity contribution in [3.8, 4) is 0 Å². The lowest BCUT2D eigenvalue weighted by Gasteiger charge is -2.29. The third-order valence-electron chi connectivity index (χ3n) is 4.25. The van der Waals surface area contributed by atoms with Crippen molar-refractivity contribution >= 4 is 23.7 Å². The summed E-state index contributed by atoms with van der Waals surface area (Å²) in [6, 6.07) is 7.88. The standard InChI is InChI=1S/C21H29NO4/c1-5-7-13-22(14-8-6-2)17-11-9-16(10-12-17)15-18-19(23)25-21(3,4)26-20(18)24/h9-12,15H,5-8,13-14H2,1-4H3. The van der Waals surface area contributed by atoms with E-state index in [2.05, 4.69) is 18.7 Å². The second kappa shape index (κ2) is 8.88.